The van der Waals surface area contributed by atoms with E-state index in [4.69, 9.17) is 10.8 Å². The van der Waals surface area contributed by atoms with Crippen molar-refractivity contribution >= 4 is 17.6 Å². The second-order valence-electron chi connectivity index (χ2n) is 3.50. The molecule has 84 valence electrons. The van der Waals surface area contributed by atoms with Gasteiger partial charge in [0.2, 0.25) is 0 Å². The molecule has 0 radical (unpaired) electrons. The average molecular weight is 227 g/mol. The lowest BCUT2D eigenvalue weighted by molar-refractivity contribution is 0.250. The van der Waals surface area contributed by atoms with E-state index in [0.717, 1.165) is 23.0 Å². The van der Waals surface area contributed by atoms with Crippen LogP contribution in [0.4, 0.5) is 5.82 Å². The molecule has 15 heavy (non-hydrogen) atoms. The van der Waals surface area contributed by atoms with Crippen molar-refractivity contribution in [3.8, 4) is 0 Å². The third-order valence-corrected chi connectivity index (χ3v) is 3.15. The Morgan fingerprint density at radius 3 is 2.87 bits per heavy atom. The number of aliphatic hydroxyl groups excluding tert-OH is 1. The number of nitrogens with two attached hydrogens (primary N) is 1. The molecule has 0 saturated heterocycles. The van der Waals surface area contributed by atoms with E-state index in [1.807, 2.05) is 13.8 Å². The molecule has 1 rings (SSSR count). The number of nitrogen functional groups attached to an aromatic ring is 1. The highest BCUT2D eigenvalue weighted by atomic mass is 32.2. The molecule has 0 aromatic carbocycles. The Kier molecular flexibility index (Phi) is 4.84. The van der Waals surface area contributed by atoms with Crippen molar-refractivity contribution in [3.63, 3.8) is 0 Å². The van der Waals surface area contributed by atoms with Crippen LogP contribution < -0.4 is 5.73 Å². The van der Waals surface area contributed by atoms with E-state index in [-0.39, 0.29) is 12.5 Å². The Hall–Kier alpha value is -0.810. The summed E-state index contributed by atoms with van der Waals surface area (Å²) in [5.41, 5.74) is 5.66. The molecule has 0 fully saturated rings. The SMILES string of the molecule is CCc1nc(N)cc(SCC(C)CO)n1. The number of hydrogen-bond acceptors (Lipinski definition) is 5. The summed E-state index contributed by atoms with van der Waals surface area (Å²) in [5.74, 6) is 2.40. The van der Waals surface area contributed by atoms with Crippen molar-refractivity contribution in [1.82, 2.24) is 9.97 Å². The summed E-state index contributed by atoms with van der Waals surface area (Å²) in [6.45, 7) is 4.20. The van der Waals surface area contributed by atoms with Crippen molar-refractivity contribution in [2.24, 2.45) is 5.92 Å². The van der Waals surface area contributed by atoms with Gasteiger partial charge in [-0.25, -0.2) is 9.97 Å². The number of thioether (sulfide) groups is 1. The molecule has 1 aromatic heterocycles. The third-order valence-electron chi connectivity index (χ3n) is 1.91. The number of aromatic nitrogens is 2. The summed E-state index contributed by atoms with van der Waals surface area (Å²) in [5, 5.41) is 9.79. The topological polar surface area (TPSA) is 72.0 Å². The molecular weight excluding hydrogens is 210 g/mol. The summed E-state index contributed by atoms with van der Waals surface area (Å²) in [6.07, 6.45) is 0.786. The summed E-state index contributed by atoms with van der Waals surface area (Å²) in [6, 6.07) is 1.77. The molecule has 3 N–H and O–H groups in total. The molecule has 5 heteroatoms. The van der Waals surface area contributed by atoms with Crippen LogP contribution in [0.15, 0.2) is 11.1 Å². The summed E-state index contributed by atoms with van der Waals surface area (Å²) in [7, 11) is 0. The van der Waals surface area contributed by atoms with E-state index < -0.39 is 0 Å². The monoisotopic (exact) mass is 227 g/mol. The first-order valence-corrected chi connectivity index (χ1v) is 6.01. The largest absolute Gasteiger partial charge is 0.396 e. The minimum atomic E-state index is 0.203. The maximum atomic E-state index is 8.90. The Balaban J connectivity index is 2.64. The highest BCUT2D eigenvalue weighted by Gasteiger charge is 2.05. The van der Waals surface area contributed by atoms with Gasteiger partial charge in [-0.2, -0.15) is 0 Å². The smallest absolute Gasteiger partial charge is 0.131 e. The van der Waals surface area contributed by atoms with Gasteiger partial charge in [0.15, 0.2) is 0 Å². The van der Waals surface area contributed by atoms with Gasteiger partial charge in [0.05, 0.1) is 0 Å². The van der Waals surface area contributed by atoms with Gasteiger partial charge in [-0.05, 0) is 5.92 Å². The Morgan fingerprint density at radius 2 is 2.27 bits per heavy atom. The number of nitrogens with zero attached hydrogens (tertiary/aromatic N) is 2. The summed E-state index contributed by atoms with van der Waals surface area (Å²) >= 11 is 1.61. The third kappa shape index (κ3) is 4.05. The first-order chi connectivity index (χ1) is 7.15. The lowest BCUT2D eigenvalue weighted by Gasteiger charge is -2.07. The quantitative estimate of drug-likeness (QED) is 0.586. The first-order valence-electron chi connectivity index (χ1n) is 5.02. The second kappa shape index (κ2) is 5.92. The van der Waals surface area contributed by atoms with Crippen LogP contribution in [0.5, 0.6) is 0 Å². The van der Waals surface area contributed by atoms with Crippen LogP contribution in [0.25, 0.3) is 0 Å². The minimum Gasteiger partial charge on any atom is -0.396 e. The van der Waals surface area contributed by atoms with E-state index in [2.05, 4.69) is 9.97 Å². The first kappa shape index (κ1) is 12.3. The van der Waals surface area contributed by atoms with Crippen molar-refractivity contribution < 1.29 is 5.11 Å². The molecule has 0 bridgehead atoms. The minimum absolute atomic E-state index is 0.203. The van der Waals surface area contributed by atoms with Crippen molar-refractivity contribution in [2.75, 3.05) is 18.1 Å². The molecule has 0 aliphatic carbocycles. The lowest BCUT2D eigenvalue weighted by atomic mass is 10.2. The molecule has 0 aliphatic rings. The van der Waals surface area contributed by atoms with E-state index in [0.29, 0.717) is 5.82 Å². The van der Waals surface area contributed by atoms with Gasteiger partial charge < -0.3 is 10.8 Å². The fraction of sp³-hybridized carbons (Fsp3) is 0.600. The molecule has 1 atom stereocenters. The lowest BCUT2D eigenvalue weighted by Crippen LogP contribution is -2.05. The van der Waals surface area contributed by atoms with Gasteiger partial charge in [-0.3, -0.25) is 0 Å². The summed E-state index contributed by atoms with van der Waals surface area (Å²) < 4.78 is 0. The fourth-order valence-electron chi connectivity index (χ4n) is 1.00. The van der Waals surface area contributed by atoms with Gasteiger partial charge in [0.1, 0.15) is 16.7 Å². The Labute approximate surface area is 94.3 Å². The van der Waals surface area contributed by atoms with Crippen LogP contribution in [0, 0.1) is 5.92 Å². The van der Waals surface area contributed by atoms with Crippen LogP contribution in [0.3, 0.4) is 0 Å². The normalized spacial score (nSPS) is 12.7. The van der Waals surface area contributed by atoms with Crippen LogP contribution in [-0.2, 0) is 6.42 Å². The number of anilines is 1. The van der Waals surface area contributed by atoms with Crippen molar-refractivity contribution in [1.29, 1.82) is 0 Å². The molecule has 4 nitrogen and oxygen atoms in total. The highest BCUT2D eigenvalue weighted by Crippen LogP contribution is 2.20. The molecule has 1 heterocycles. The van der Waals surface area contributed by atoms with Gasteiger partial charge in [0.25, 0.3) is 0 Å². The van der Waals surface area contributed by atoms with Gasteiger partial charge in [-0.1, -0.05) is 13.8 Å². The predicted octanol–water partition coefficient (Wildman–Crippen LogP) is 1.34. The number of aliphatic hydroxyl groups is 1. The molecule has 1 aromatic rings. The zero-order valence-electron chi connectivity index (χ0n) is 9.10. The maximum absolute atomic E-state index is 8.90. The van der Waals surface area contributed by atoms with Crippen LogP contribution in [0.2, 0.25) is 0 Å². The number of aryl methyl sites for hydroxylation is 1. The molecule has 0 aliphatic heterocycles. The van der Waals surface area contributed by atoms with Crippen LogP contribution in [-0.4, -0.2) is 27.4 Å². The van der Waals surface area contributed by atoms with Crippen LogP contribution in [0.1, 0.15) is 19.7 Å². The van der Waals surface area contributed by atoms with Gasteiger partial charge in [-0.15, -0.1) is 11.8 Å². The van der Waals surface area contributed by atoms with Gasteiger partial charge in [0, 0.05) is 24.8 Å². The van der Waals surface area contributed by atoms with Crippen LogP contribution >= 0.6 is 11.8 Å². The molecule has 0 spiro atoms. The van der Waals surface area contributed by atoms with Crippen molar-refractivity contribution in [3.05, 3.63) is 11.9 Å². The van der Waals surface area contributed by atoms with E-state index >= 15 is 0 Å². The van der Waals surface area contributed by atoms with Crippen molar-refractivity contribution in [2.45, 2.75) is 25.3 Å². The highest BCUT2D eigenvalue weighted by molar-refractivity contribution is 7.99. The Morgan fingerprint density at radius 1 is 1.53 bits per heavy atom. The number of hydrogen-bond donors (Lipinski definition) is 2. The Bertz CT molecular complexity index is 320. The molecule has 0 amide bonds. The molecule has 0 saturated carbocycles. The zero-order valence-corrected chi connectivity index (χ0v) is 9.92. The maximum Gasteiger partial charge on any atom is 0.131 e. The second-order valence-corrected chi connectivity index (χ2v) is 4.54. The molecular formula is C10H17N3OS. The predicted molar refractivity (Wildman–Crippen MR) is 62.8 cm³/mol. The van der Waals surface area contributed by atoms with E-state index in [1.54, 1.807) is 17.8 Å². The molecule has 1 unspecified atom stereocenters. The number of rotatable bonds is 5. The van der Waals surface area contributed by atoms with Gasteiger partial charge >= 0.3 is 0 Å². The average Bonchev–Trinajstić information content (AvgIpc) is 2.25. The summed E-state index contributed by atoms with van der Waals surface area (Å²) in [4.78, 5) is 8.45. The zero-order chi connectivity index (χ0) is 11.3. The standard InChI is InChI=1S/C10H17N3OS/c1-3-9-12-8(11)4-10(13-9)15-6-7(2)5-14/h4,7,14H,3,5-6H2,1-2H3,(H2,11,12,13). The van der Waals surface area contributed by atoms with E-state index in [9.17, 15) is 0 Å². The van der Waals surface area contributed by atoms with E-state index in [1.165, 1.54) is 0 Å². The fourth-order valence-corrected chi connectivity index (χ4v) is 1.94.